The number of hydrogen-bond acceptors (Lipinski definition) is 5. The van der Waals surface area contributed by atoms with Crippen molar-refractivity contribution in [2.75, 3.05) is 13.7 Å². The van der Waals surface area contributed by atoms with Crippen LogP contribution in [0.1, 0.15) is 69.5 Å². The third-order valence-corrected chi connectivity index (χ3v) is 5.47. The van der Waals surface area contributed by atoms with E-state index in [9.17, 15) is 0 Å². The van der Waals surface area contributed by atoms with Crippen LogP contribution in [0.15, 0.2) is 4.52 Å². The maximum atomic E-state index is 5.87. The highest BCUT2D eigenvalue weighted by Crippen LogP contribution is 2.43. The molecule has 3 rings (SSSR count). The number of methoxy groups -OCH3 is 1. The number of ether oxygens (including phenoxy) is 1. The topological polar surface area (TPSA) is 74.2 Å². The quantitative estimate of drug-likeness (QED) is 0.923. The van der Waals surface area contributed by atoms with E-state index in [0.717, 1.165) is 37.4 Å². The van der Waals surface area contributed by atoms with Gasteiger partial charge in [-0.2, -0.15) is 4.98 Å². The Kier molecular flexibility index (Phi) is 4.31. The first-order chi connectivity index (χ1) is 10.2. The minimum atomic E-state index is -0.351. The lowest BCUT2D eigenvalue weighted by Crippen LogP contribution is -2.35. The van der Waals surface area contributed by atoms with Gasteiger partial charge in [-0.1, -0.05) is 24.9 Å². The van der Waals surface area contributed by atoms with Crippen LogP contribution in [0.5, 0.6) is 0 Å². The Balaban J connectivity index is 1.83. The van der Waals surface area contributed by atoms with E-state index in [2.05, 4.69) is 12.1 Å². The molecule has 4 atom stereocenters. The molecule has 21 heavy (non-hydrogen) atoms. The third-order valence-electron chi connectivity index (χ3n) is 5.47. The lowest BCUT2D eigenvalue weighted by Gasteiger charge is -2.36. The van der Waals surface area contributed by atoms with E-state index in [1.54, 1.807) is 7.11 Å². The lowest BCUT2D eigenvalue weighted by atomic mass is 9.78. The van der Waals surface area contributed by atoms with Crippen molar-refractivity contribution >= 4 is 0 Å². The summed E-state index contributed by atoms with van der Waals surface area (Å²) in [5.41, 5.74) is 5.52. The van der Waals surface area contributed by atoms with Gasteiger partial charge in [0.2, 0.25) is 11.7 Å². The number of rotatable bonds is 4. The Labute approximate surface area is 126 Å². The largest absolute Gasteiger partial charge is 0.370 e. The predicted octanol–water partition coefficient (Wildman–Crippen LogP) is 2.96. The Morgan fingerprint density at radius 1 is 1.33 bits per heavy atom. The highest BCUT2D eigenvalue weighted by atomic mass is 16.5. The van der Waals surface area contributed by atoms with Gasteiger partial charge in [0.05, 0.1) is 0 Å². The van der Waals surface area contributed by atoms with E-state index in [1.807, 2.05) is 0 Å². The Morgan fingerprint density at radius 3 is 2.90 bits per heavy atom. The molecule has 2 aliphatic carbocycles. The molecular formula is C16H27N3O2. The summed E-state index contributed by atoms with van der Waals surface area (Å²) in [6.07, 6.45) is 7.87. The van der Waals surface area contributed by atoms with E-state index in [1.165, 1.54) is 19.3 Å². The second kappa shape index (κ2) is 6.05. The van der Waals surface area contributed by atoms with E-state index in [4.69, 9.17) is 20.0 Å². The summed E-state index contributed by atoms with van der Waals surface area (Å²) in [6.45, 7) is 2.98. The van der Waals surface area contributed by atoms with Crippen LogP contribution in [0.25, 0.3) is 0 Å². The molecule has 0 spiro atoms. The van der Waals surface area contributed by atoms with Gasteiger partial charge in [-0.25, -0.2) is 0 Å². The minimum Gasteiger partial charge on any atom is -0.370 e. The highest BCUT2D eigenvalue weighted by Gasteiger charge is 2.42. The monoisotopic (exact) mass is 293 g/mol. The van der Waals surface area contributed by atoms with Crippen molar-refractivity contribution in [2.45, 2.75) is 63.4 Å². The molecule has 2 N–H and O–H groups in total. The Hall–Kier alpha value is -0.940. The molecule has 0 aliphatic heterocycles. The van der Waals surface area contributed by atoms with Crippen molar-refractivity contribution < 1.29 is 9.26 Å². The highest BCUT2D eigenvalue weighted by molar-refractivity contribution is 5.07. The first-order valence-corrected chi connectivity index (χ1v) is 8.28. The van der Waals surface area contributed by atoms with E-state index < -0.39 is 0 Å². The molecule has 2 aliphatic rings. The van der Waals surface area contributed by atoms with Crippen LogP contribution in [0.3, 0.4) is 0 Å². The average Bonchev–Trinajstić information content (AvgIpc) is 3.15. The van der Waals surface area contributed by atoms with Gasteiger partial charge in [0, 0.05) is 13.0 Å². The molecule has 1 aromatic heterocycles. The summed E-state index contributed by atoms with van der Waals surface area (Å²) in [4.78, 5) is 4.73. The number of nitrogens with zero attached hydrogens (tertiary/aromatic N) is 2. The third kappa shape index (κ3) is 2.73. The van der Waals surface area contributed by atoms with Gasteiger partial charge in [0.1, 0.15) is 5.60 Å². The molecule has 0 saturated heterocycles. The van der Waals surface area contributed by atoms with E-state index >= 15 is 0 Å². The van der Waals surface area contributed by atoms with Crippen molar-refractivity contribution in [1.29, 1.82) is 0 Å². The smallest absolute Gasteiger partial charge is 0.230 e. The molecule has 0 radical (unpaired) electrons. The molecule has 0 aromatic carbocycles. The summed E-state index contributed by atoms with van der Waals surface area (Å²) >= 11 is 0. The van der Waals surface area contributed by atoms with Gasteiger partial charge in [-0.3, -0.25) is 0 Å². The predicted molar refractivity (Wildman–Crippen MR) is 79.8 cm³/mol. The molecule has 1 heterocycles. The van der Waals surface area contributed by atoms with E-state index in [-0.39, 0.29) is 5.60 Å². The van der Waals surface area contributed by atoms with Crippen molar-refractivity contribution in [3.63, 3.8) is 0 Å². The van der Waals surface area contributed by atoms with Gasteiger partial charge < -0.3 is 15.0 Å². The minimum absolute atomic E-state index is 0.339. The van der Waals surface area contributed by atoms with Crippen molar-refractivity contribution in [3.05, 3.63) is 11.7 Å². The molecule has 118 valence electrons. The summed E-state index contributed by atoms with van der Waals surface area (Å²) in [5, 5.41) is 4.28. The SMILES string of the molecule is COC1(c2noc(C3CCCC3CN)n2)CCCC(C)C1. The van der Waals surface area contributed by atoms with Crippen LogP contribution in [0.4, 0.5) is 0 Å². The maximum Gasteiger partial charge on any atom is 0.230 e. The molecule has 5 nitrogen and oxygen atoms in total. The second-order valence-corrected chi connectivity index (χ2v) is 6.89. The Morgan fingerprint density at radius 2 is 2.19 bits per heavy atom. The van der Waals surface area contributed by atoms with Gasteiger partial charge in [-0.15, -0.1) is 0 Å². The molecule has 5 heteroatoms. The summed E-state index contributed by atoms with van der Waals surface area (Å²) in [7, 11) is 1.77. The zero-order valence-electron chi connectivity index (χ0n) is 13.2. The molecule has 1 aromatic rings. The summed E-state index contributed by atoms with van der Waals surface area (Å²) in [6, 6.07) is 0. The molecule has 0 bridgehead atoms. The second-order valence-electron chi connectivity index (χ2n) is 6.89. The number of hydrogen-bond donors (Lipinski definition) is 1. The maximum absolute atomic E-state index is 5.87. The van der Waals surface area contributed by atoms with Crippen LogP contribution in [0.2, 0.25) is 0 Å². The molecular weight excluding hydrogens is 266 g/mol. The van der Waals surface area contributed by atoms with Crippen molar-refractivity contribution in [1.82, 2.24) is 10.1 Å². The molecule has 0 amide bonds. The van der Waals surface area contributed by atoms with Crippen LogP contribution < -0.4 is 5.73 Å². The van der Waals surface area contributed by atoms with Crippen molar-refractivity contribution in [3.8, 4) is 0 Å². The van der Waals surface area contributed by atoms with Gasteiger partial charge in [-0.05, 0) is 50.5 Å². The van der Waals surface area contributed by atoms with Gasteiger partial charge in [0.25, 0.3) is 0 Å². The average molecular weight is 293 g/mol. The fraction of sp³-hybridized carbons (Fsp3) is 0.875. The number of aromatic nitrogens is 2. The lowest BCUT2D eigenvalue weighted by molar-refractivity contribution is -0.0658. The van der Waals surface area contributed by atoms with Crippen LogP contribution in [-0.2, 0) is 10.3 Å². The zero-order valence-corrected chi connectivity index (χ0v) is 13.2. The van der Waals surface area contributed by atoms with Gasteiger partial charge in [0.15, 0.2) is 0 Å². The molecule has 2 fully saturated rings. The van der Waals surface area contributed by atoms with Crippen molar-refractivity contribution in [2.24, 2.45) is 17.6 Å². The molecule has 2 saturated carbocycles. The van der Waals surface area contributed by atoms with Crippen LogP contribution >= 0.6 is 0 Å². The van der Waals surface area contributed by atoms with E-state index in [0.29, 0.717) is 24.3 Å². The van der Waals surface area contributed by atoms with Crippen LogP contribution in [-0.4, -0.2) is 23.8 Å². The fourth-order valence-electron chi connectivity index (χ4n) is 4.20. The van der Waals surface area contributed by atoms with Crippen LogP contribution in [0, 0.1) is 11.8 Å². The summed E-state index contributed by atoms with van der Waals surface area (Å²) in [5.74, 6) is 2.99. The summed E-state index contributed by atoms with van der Waals surface area (Å²) < 4.78 is 11.5. The van der Waals surface area contributed by atoms with Gasteiger partial charge >= 0.3 is 0 Å². The normalized spacial score (nSPS) is 37.0. The standard InChI is InChI=1S/C16H27N3O2/c1-11-5-4-8-16(9-11,20-2)15-18-14(21-19-15)13-7-3-6-12(13)10-17/h11-13H,3-10,17H2,1-2H3. The first-order valence-electron chi connectivity index (χ1n) is 8.28. The first kappa shape index (κ1) is 15.0. The Bertz CT molecular complexity index is 476. The molecule has 4 unspecified atom stereocenters. The number of nitrogens with two attached hydrogens (primary N) is 1. The fourth-order valence-corrected chi connectivity index (χ4v) is 4.20. The zero-order chi connectivity index (χ0) is 14.9.